The van der Waals surface area contributed by atoms with Gasteiger partial charge in [0.15, 0.2) is 0 Å². The van der Waals surface area contributed by atoms with Gasteiger partial charge in [-0.25, -0.2) is 0 Å². The molecule has 0 saturated carbocycles. The molecule has 0 saturated heterocycles. The monoisotopic (exact) mass is 429 g/mol. The molecule has 2 aromatic carbocycles. The summed E-state index contributed by atoms with van der Waals surface area (Å²) < 4.78 is 0. The Hall–Kier alpha value is -2.86. The summed E-state index contributed by atoms with van der Waals surface area (Å²) in [5.41, 5.74) is 2.84. The molecule has 0 heterocycles. The van der Waals surface area contributed by atoms with Crippen LogP contribution in [0.15, 0.2) is 42.5 Å². The number of anilines is 1. The Labute approximate surface area is 182 Å². The number of nitrogens with one attached hydrogen (secondary N) is 2. The van der Waals surface area contributed by atoms with Crippen molar-refractivity contribution in [3.05, 3.63) is 64.2 Å². The van der Waals surface area contributed by atoms with Crippen molar-refractivity contribution in [1.29, 1.82) is 0 Å². The molecule has 2 aromatic rings. The van der Waals surface area contributed by atoms with Gasteiger partial charge in [-0.2, -0.15) is 0 Å². The zero-order valence-corrected chi connectivity index (χ0v) is 18.5. The van der Waals surface area contributed by atoms with Crippen LogP contribution in [0.1, 0.15) is 54.7 Å². The lowest BCUT2D eigenvalue weighted by atomic mass is 10.0. The first-order valence-corrected chi connectivity index (χ1v) is 10.3. The molecule has 0 aliphatic rings. The first-order chi connectivity index (χ1) is 14.2. The van der Waals surface area contributed by atoms with E-state index in [4.69, 9.17) is 11.6 Å². The summed E-state index contributed by atoms with van der Waals surface area (Å²) in [6.45, 7) is 8.39. The Morgan fingerprint density at radius 2 is 1.67 bits per heavy atom. The van der Waals surface area contributed by atoms with E-state index in [1.165, 1.54) is 6.92 Å². The molecule has 160 valence electrons. The third-order valence-electron chi connectivity index (χ3n) is 4.78. The molecule has 3 amide bonds. The minimum atomic E-state index is -0.443. The quantitative estimate of drug-likeness (QED) is 0.655. The summed E-state index contributed by atoms with van der Waals surface area (Å²) in [4.78, 5) is 38.4. The fraction of sp³-hybridized carbons (Fsp3) is 0.348. The Balaban J connectivity index is 2.12. The Morgan fingerprint density at radius 3 is 2.20 bits per heavy atom. The van der Waals surface area contributed by atoms with Gasteiger partial charge in [0.1, 0.15) is 0 Å². The molecule has 30 heavy (non-hydrogen) atoms. The molecule has 0 fully saturated rings. The summed E-state index contributed by atoms with van der Waals surface area (Å²) in [6, 6.07) is 12.1. The lowest BCUT2D eigenvalue weighted by Crippen LogP contribution is -2.30. The van der Waals surface area contributed by atoms with Crippen LogP contribution in [-0.2, 0) is 9.59 Å². The average Bonchev–Trinajstić information content (AvgIpc) is 2.68. The lowest BCUT2D eigenvalue weighted by Gasteiger charge is -2.20. The number of halogens is 1. The average molecular weight is 430 g/mol. The lowest BCUT2D eigenvalue weighted by molar-refractivity contribution is -0.120. The van der Waals surface area contributed by atoms with Crippen molar-refractivity contribution >= 4 is 35.0 Å². The Morgan fingerprint density at radius 1 is 1.03 bits per heavy atom. The summed E-state index contributed by atoms with van der Waals surface area (Å²) in [5.74, 6) is -0.628. The summed E-state index contributed by atoms with van der Waals surface area (Å²) in [5, 5.41) is 5.89. The normalized spacial score (nSPS) is 11.5. The third-order valence-corrected chi connectivity index (χ3v) is 5.09. The van der Waals surface area contributed by atoms with E-state index in [1.54, 1.807) is 23.1 Å². The maximum absolute atomic E-state index is 12.6. The fourth-order valence-electron chi connectivity index (χ4n) is 3.14. The van der Waals surface area contributed by atoms with Crippen molar-refractivity contribution < 1.29 is 14.4 Å². The second kappa shape index (κ2) is 10.8. The summed E-state index contributed by atoms with van der Waals surface area (Å²) in [6.07, 6.45) is 0.0698. The molecular formula is C23H28ClN3O3. The molecule has 7 heteroatoms. The third kappa shape index (κ3) is 6.32. The van der Waals surface area contributed by atoms with E-state index in [2.05, 4.69) is 10.6 Å². The predicted octanol–water partition coefficient (Wildman–Crippen LogP) is 4.34. The van der Waals surface area contributed by atoms with Crippen molar-refractivity contribution in [1.82, 2.24) is 10.2 Å². The Bertz CT molecular complexity index is 908. The van der Waals surface area contributed by atoms with Crippen LogP contribution in [0.3, 0.4) is 0 Å². The van der Waals surface area contributed by atoms with E-state index in [1.807, 2.05) is 45.0 Å². The molecule has 0 aliphatic heterocycles. The van der Waals surface area contributed by atoms with Crippen LogP contribution < -0.4 is 10.6 Å². The molecule has 0 aromatic heterocycles. The number of amides is 3. The Kier molecular flexibility index (Phi) is 8.42. The van der Waals surface area contributed by atoms with Crippen LogP contribution in [0.2, 0.25) is 5.02 Å². The highest BCUT2D eigenvalue weighted by molar-refractivity contribution is 6.34. The van der Waals surface area contributed by atoms with E-state index in [9.17, 15) is 14.4 Å². The number of carbonyl (C=O) groups excluding carboxylic acids is 3. The molecule has 1 atom stereocenters. The van der Waals surface area contributed by atoms with Crippen LogP contribution in [0.25, 0.3) is 0 Å². The van der Waals surface area contributed by atoms with Crippen LogP contribution in [0, 0.1) is 6.92 Å². The van der Waals surface area contributed by atoms with Crippen molar-refractivity contribution in [3.8, 4) is 0 Å². The van der Waals surface area contributed by atoms with Crippen LogP contribution >= 0.6 is 11.6 Å². The highest BCUT2D eigenvalue weighted by Gasteiger charge is 2.19. The highest BCUT2D eigenvalue weighted by atomic mass is 35.5. The number of aryl methyl sites for hydroxylation is 1. The minimum absolute atomic E-state index is 0.0698. The molecule has 0 radical (unpaired) electrons. The van der Waals surface area contributed by atoms with Crippen molar-refractivity contribution in [2.75, 3.05) is 18.4 Å². The first-order valence-electron chi connectivity index (χ1n) is 9.97. The first kappa shape index (κ1) is 23.4. The number of carbonyl (C=O) groups is 3. The van der Waals surface area contributed by atoms with Crippen molar-refractivity contribution in [3.63, 3.8) is 0 Å². The van der Waals surface area contributed by atoms with Gasteiger partial charge in [0.25, 0.3) is 5.91 Å². The van der Waals surface area contributed by atoms with Crippen molar-refractivity contribution in [2.24, 2.45) is 0 Å². The van der Waals surface area contributed by atoms with Gasteiger partial charge < -0.3 is 15.5 Å². The molecule has 2 N–H and O–H groups in total. The standard InChI is InChI=1S/C23H28ClN3O3/c1-5-27(6-2)23(30)19-12-11-18(13-20(19)24)26-22(29)14-21(25-16(4)28)17-9-7-15(3)8-10-17/h7-13,21H,5-6,14H2,1-4H3,(H,25,28)(H,26,29). The maximum Gasteiger partial charge on any atom is 0.255 e. The maximum atomic E-state index is 12.6. The van der Waals surface area contributed by atoms with E-state index >= 15 is 0 Å². The zero-order chi connectivity index (χ0) is 22.3. The van der Waals surface area contributed by atoms with Crippen LogP contribution in [0.5, 0.6) is 0 Å². The second-order valence-electron chi connectivity index (χ2n) is 7.09. The number of rotatable bonds is 8. The van der Waals surface area contributed by atoms with Gasteiger partial charge >= 0.3 is 0 Å². The van der Waals surface area contributed by atoms with E-state index in [0.717, 1.165) is 11.1 Å². The van der Waals surface area contributed by atoms with Crippen LogP contribution in [0.4, 0.5) is 5.69 Å². The minimum Gasteiger partial charge on any atom is -0.349 e. The zero-order valence-electron chi connectivity index (χ0n) is 17.8. The summed E-state index contributed by atoms with van der Waals surface area (Å²) in [7, 11) is 0. The topological polar surface area (TPSA) is 78.5 Å². The van der Waals surface area contributed by atoms with Gasteiger partial charge in [-0.05, 0) is 44.5 Å². The largest absolute Gasteiger partial charge is 0.349 e. The molecule has 0 bridgehead atoms. The number of benzene rings is 2. The number of nitrogens with zero attached hydrogens (tertiary/aromatic N) is 1. The second-order valence-corrected chi connectivity index (χ2v) is 7.50. The van der Waals surface area contributed by atoms with Gasteiger partial charge in [0, 0.05) is 25.7 Å². The number of hydrogen-bond acceptors (Lipinski definition) is 3. The summed E-state index contributed by atoms with van der Waals surface area (Å²) >= 11 is 6.30. The molecule has 1 unspecified atom stereocenters. The van der Waals surface area contributed by atoms with Gasteiger partial charge in [0.05, 0.1) is 23.0 Å². The van der Waals surface area contributed by atoms with E-state index in [-0.39, 0.29) is 29.2 Å². The fourth-order valence-corrected chi connectivity index (χ4v) is 3.40. The van der Waals surface area contributed by atoms with Gasteiger partial charge in [0.2, 0.25) is 11.8 Å². The van der Waals surface area contributed by atoms with E-state index in [0.29, 0.717) is 24.3 Å². The molecular weight excluding hydrogens is 402 g/mol. The smallest absolute Gasteiger partial charge is 0.255 e. The predicted molar refractivity (Wildman–Crippen MR) is 120 cm³/mol. The van der Waals surface area contributed by atoms with E-state index < -0.39 is 6.04 Å². The molecule has 6 nitrogen and oxygen atoms in total. The SMILES string of the molecule is CCN(CC)C(=O)c1ccc(NC(=O)CC(NC(C)=O)c2ccc(C)cc2)cc1Cl. The number of hydrogen-bond donors (Lipinski definition) is 2. The van der Waals surface area contributed by atoms with Gasteiger partial charge in [-0.3, -0.25) is 14.4 Å². The molecule has 2 rings (SSSR count). The van der Waals surface area contributed by atoms with Crippen molar-refractivity contribution in [2.45, 2.75) is 40.2 Å². The highest BCUT2D eigenvalue weighted by Crippen LogP contribution is 2.24. The van der Waals surface area contributed by atoms with Gasteiger partial charge in [-0.1, -0.05) is 41.4 Å². The molecule has 0 spiro atoms. The molecule has 0 aliphatic carbocycles. The van der Waals surface area contributed by atoms with Crippen LogP contribution in [-0.4, -0.2) is 35.7 Å². The van der Waals surface area contributed by atoms with Gasteiger partial charge in [-0.15, -0.1) is 0 Å².